The van der Waals surface area contributed by atoms with Gasteiger partial charge in [0.2, 0.25) is 0 Å². The number of rotatable bonds is 11. The number of unbranched alkanes of at least 4 members (excludes halogenated alkanes) is 4. The Labute approximate surface area is 139 Å². The van der Waals surface area contributed by atoms with Gasteiger partial charge in [-0.25, -0.2) is 0 Å². The van der Waals surface area contributed by atoms with E-state index in [-0.39, 0.29) is 24.1 Å². The van der Waals surface area contributed by atoms with Crippen molar-refractivity contribution in [1.29, 1.82) is 0 Å². The molecular formula is C17H26O5S. The first kappa shape index (κ1) is 19.6. The number of esters is 1. The molecule has 0 N–H and O–H groups in total. The molecule has 0 atom stereocenters. The van der Waals surface area contributed by atoms with E-state index in [0.717, 1.165) is 31.2 Å². The minimum absolute atomic E-state index is 0.0567. The molecule has 1 rings (SSSR count). The van der Waals surface area contributed by atoms with Crippen molar-refractivity contribution in [1.82, 2.24) is 0 Å². The smallest absolute Gasteiger partial charge is 0.305 e. The third kappa shape index (κ3) is 8.13. The lowest BCUT2D eigenvalue weighted by Crippen LogP contribution is -2.14. The number of ether oxygens (including phenoxy) is 1. The quantitative estimate of drug-likeness (QED) is 0.349. The van der Waals surface area contributed by atoms with Gasteiger partial charge in [0.05, 0.1) is 4.90 Å². The predicted octanol–water partition coefficient (Wildman–Crippen LogP) is 3.60. The lowest BCUT2D eigenvalue weighted by Gasteiger charge is -2.07. The Balaban J connectivity index is 2.21. The summed E-state index contributed by atoms with van der Waals surface area (Å²) < 4.78 is 33.6. The first-order chi connectivity index (χ1) is 11.0. The number of aryl methyl sites for hydroxylation is 1. The van der Waals surface area contributed by atoms with Crippen LogP contribution in [0.25, 0.3) is 0 Å². The van der Waals surface area contributed by atoms with E-state index in [4.69, 9.17) is 8.92 Å². The van der Waals surface area contributed by atoms with Crippen LogP contribution in [0.3, 0.4) is 0 Å². The van der Waals surface area contributed by atoms with Crippen molar-refractivity contribution in [2.45, 2.75) is 57.3 Å². The minimum atomic E-state index is -3.79. The Morgan fingerprint density at radius 1 is 1.00 bits per heavy atom. The maximum Gasteiger partial charge on any atom is 0.305 e. The van der Waals surface area contributed by atoms with E-state index >= 15 is 0 Å². The standard InChI is InChI=1S/C17H26O5S/c1-3-4-5-6-7-8-17(18)21-13-14-22-23(19,20)16-11-9-15(2)10-12-16/h9-12H,3-8,13-14H2,1-2H3. The minimum Gasteiger partial charge on any atom is -0.463 e. The molecule has 23 heavy (non-hydrogen) atoms. The van der Waals surface area contributed by atoms with E-state index in [2.05, 4.69) is 6.92 Å². The molecule has 0 spiro atoms. The summed E-state index contributed by atoms with van der Waals surface area (Å²) in [5.74, 6) is -0.308. The summed E-state index contributed by atoms with van der Waals surface area (Å²) in [5.41, 5.74) is 0.969. The van der Waals surface area contributed by atoms with E-state index in [0.29, 0.717) is 6.42 Å². The van der Waals surface area contributed by atoms with Crippen LogP contribution in [0, 0.1) is 6.92 Å². The van der Waals surface area contributed by atoms with Gasteiger partial charge in [0.15, 0.2) is 0 Å². The summed E-state index contributed by atoms with van der Waals surface area (Å²) in [6, 6.07) is 6.39. The number of carbonyl (C=O) groups is 1. The van der Waals surface area contributed by atoms with E-state index in [1.54, 1.807) is 12.1 Å². The third-order valence-corrected chi connectivity index (χ3v) is 4.71. The summed E-state index contributed by atoms with van der Waals surface area (Å²) in [6.45, 7) is 3.79. The van der Waals surface area contributed by atoms with Gasteiger partial charge in [-0.15, -0.1) is 0 Å². The Kier molecular flexibility index (Phi) is 8.87. The van der Waals surface area contributed by atoms with Crippen LogP contribution in [0.1, 0.15) is 51.0 Å². The second-order valence-electron chi connectivity index (χ2n) is 5.47. The molecular weight excluding hydrogens is 316 g/mol. The predicted molar refractivity (Wildman–Crippen MR) is 88.7 cm³/mol. The van der Waals surface area contributed by atoms with Gasteiger partial charge < -0.3 is 4.74 Å². The lowest BCUT2D eigenvalue weighted by atomic mass is 10.1. The highest BCUT2D eigenvalue weighted by molar-refractivity contribution is 7.86. The topological polar surface area (TPSA) is 69.7 Å². The van der Waals surface area contributed by atoms with Crippen LogP contribution in [0.4, 0.5) is 0 Å². The van der Waals surface area contributed by atoms with E-state index in [1.807, 2.05) is 6.92 Å². The molecule has 0 aliphatic rings. The highest BCUT2D eigenvalue weighted by atomic mass is 32.2. The maximum absolute atomic E-state index is 11.9. The van der Waals surface area contributed by atoms with Crippen molar-refractivity contribution in [3.8, 4) is 0 Å². The van der Waals surface area contributed by atoms with Crippen LogP contribution in [0.15, 0.2) is 29.2 Å². The van der Waals surface area contributed by atoms with Crippen LogP contribution >= 0.6 is 0 Å². The zero-order valence-electron chi connectivity index (χ0n) is 13.9. The van der Waals surface area contributed by atoms with Gasteiger partial charge >= 0.3 is 5.97 Å². The average molecular weight is 342 g/mol. The first-order valence-corrected chi connectivity index (χ1v) is 9.48. The number of carbonyl (C=O) groups excluding carboxylic acids is 1. The van der Waals surface area contributed by atoms with Crippen molar-refractivity contribution in [2.24, 2.45) is 0 Å². The van der Waals surface area contributed by atoms with Crippen molar-refractivity contribution in [3.63, 3.8) is 0 Å². The zero-order valence-corrected chi connectivity index (χ0v) is 14.7. The number of hydrogen-bond donors (Lipinski definition) is 0. The van der Waals surface area contributed by atoms with Crippen molar-refractivity contribution >= 4 is 16.1 Å². The summed E-state index contributed by atoms with van der Waals surface area (Å²) in [5, 5.41) is 0. The van der Waals surface area contributed by atoms with Crippen molar-refractivity contribution in [3.05, 3.63) is 29.8 Å². The molecule has 0 aliphatic carbocycles. The van der Waals surface area contributed by atoms with Gasteiger partial charge in [0.1, 0.15) is 13.2 Å². The molecule has 0 aromatic heterocycles. The molecule has 1 aromatic rings. The monoisotopic (exact) mass is 342 g/mol. The second-order valence-corrected chi connectivity index (χ2v) is 7.09. The Morgan fingerprint density at radius 2 is 1.65 bits per heavy atom. The lowest BCUT2D eigenvalue weighted by molar-refractivity contribution is -0.144. The summed E-state index contributed by atoms with van der Waals surface area (Å²) in [4.78, 5) is 11.6. The van der Waals surface area contributed by atoms with Gasteiger partial charge in [0.25, 0.3) is 10.1 Å². The first-order valence-electron chi connectivity index (χ1n) is 8.07. The van der Waals surface area contributed by atoms with Crippen LogP contribution in [0.2, 0.25) is 0 Å². The van der Waals surface area contributed by atoms with Gasteiger partial charge in [-0.3, -0.25) is 8.98 Å². The van der Waals surface area contributed by atoms with Crippen LogP contribution in [-0.2, 0) is 23.8 Å². The second kappa shape index (κ2) is 10.4. The molecule has 0 unspecified atom stereocenters. The molecule has 0 bridgehead atoms. The fourth-order valence-electron chi connectivity index (χ4n) is 2.02. The molecule has 0 saturated heterocycles. The molecule has 0 radical (unpaired) electrons. The molecule has 0 amide bonds. The molecule has 1 aromatic carbocycles. The molecule has 0 heterocycles. The maximum atomic E-state index is 11.9. The number of benzene rings is 1. The fraction of sp³-hybridized carbons (Fsp3) is 0.588. The van der Waals surface area contributed by atoms with Gasteiger partial charge in [-0.2, -0.15) is 8.42 Å². The van der Waals surface area contributed by atoms with Gasteiger partial charge in [-0.1, -0.05) is 50.3 Å². The largest absolute Gasteiger partial charge is 0.463 e. The highest BCUT2D eigenvalue weighted by Gasteiger charge is 2.14. The van der Waals surface area contributed by atoms with Crippen LogP contribution in [0.5, 0.6) is 0 Å². The molecule has 0 aliphatic heterocycles. The van der Waals surface area contributed by atoms with E-state index in [1.165, 1.54) is 18.6 Å². The van der Waals surface area contributed by atoms with Gasteiger partial charge in [0, 0.05) is 6.42 Å². The fourth-order valence-corrected chi connectivity index (χ4v) is 2.91. The normalized spacial score (nSPS) is 11.4. The number of hydrogen-bond acceptors (Lipinski definition) is 5. The van der Waals surface area contributed by atoms with Crippen LogP contribution < -0.4 is 0 Å². The van der Waals surface area contributed by atoms with E-state index in [9.17, 15) is 13.2 Å². The highest BCUT2D eigenvalue weighted by Crippen LogP contribution is 2.13. The Morgan fingerprint density at radius 3 is 2.30 bits per heavy atom. The summed E-state index contributed by atoms with van der Waals surface area (Å²) in [7, 11) is -3.79. The van der Waals surface area contributed by atoms with Crippen molar-refractivity contribution < 1.29 is 22.1 Å². The molecule has 5 nitrogen and oxygen atoms in total. The van der Waals surface area contributed by atoms with Gasteiger partial charge in [-0.05, 0) is 25.5 Å². The average Bonchev–Trinajstić information content (AvgIpc) is 2.52. The molecule has 130 valence electrons. The SMILES string of the molecule is CCCCCCCC(=O)OCCOS(=O)(=O)c1ccc(C)cc1. The Bertz CT molecular complexity index is 563. The van der Waals surface area contributed by atoms with Crippen LogP contribution in [-0.4, -0.2) is 27.6 Å². The van der Waals surface area contributed by atoms with Crippen molar-refractivity contribution in [2.75, 3.05) is 13.2 Å². The summed E-state index contributed by atoms with van der Waals surface area (Å²) >= 11 is 0. The molecule has 6 heteroatoms. The third-order valence-electron chi connectivity index (χ3n) is 3.38. The summed E-state index contributed by atoms with van der Waals surface area (Å²) in [6.07, 6.45) is 5.66. The zero-order chi connectivity index (χ0) is 17.1. The van der Waals surface area contributed by atoms with E-state index < -0.39 is 10.1 Å². The Hall–Kier alpha value is -1.40. The molecule has 0 fully saturated rings. The molecule has 0 saturated carbocycles.